The van der Waals surface area contributed by atoms with Crippen molar-refractivity contribution in [2.45, 2.75) is 46.6 Å². The quantitative estimate of drug-likeness (QED) is 0.671. The maximum absolute atomic E-state index is 13.4. The summed E-state index contributed by atoms with van der Waals surface area (Å²) in [5.74, 6) is -1.18. The molecule has 1 fully saturated rings. The fourth-order valence-electron chi connectivity index (χ4n) is 4.48. The van der Waals surface area contributed by atoms with Gasteiger partial charge in [-0.25, -0.2) is 0 Å². The highest BCUT2D eigenvalue weighted by atomic mass is 16.2. The van der Waals surface area contributed by atoms with Gasteiger partial charge in [0.2, 0.25) is 11.8 Å². The van der Waals surface area contributed by atoms with Crippen LogP contribution in [0.1, 0.15) is 61.3 Å². The van der Waals surface area contributed by atoms with Crippen molar-refractivity contribution in [3.05, 3.63) is 35.4 Å². The fraction of sp³-hybridized carbons (Fsp3) is 0.565. The van der Waals surface area contributed by atoms with E-state index in [0.29, 0.717) is 50.1 Å². The molecule has 1 saturated heterocycles. The molecular weight excluding hydrogens is 382 g/mol. The standard InChI is InChI=1S/C23H31N3O4/c1-5-24(6-2)20(27)16-11-13-25(14-12-16)23(30)19(15(3)4)26-21(28)17-9-7-8-10-18(17)22(26)29/h7-10,15-16,19H,5-6,11-14H2,1-4H3. The number of amides is 4. The molecule has 2 heterocycles. The number of likely N-dealkylation sites (tertiary alicyclic amines) is 1. The molecule has 2 aliphatic heterocycles. The number of carbonyl (C=O) groups is 4. The van der Waals surface area contributed by atoms with Gasteiger partial charge in [0.25, 0.3) is 11.8 Å². The van der Waals surface area contributed by atoms with E-state index >= 15 is 0 Å². The van der Waals surface area contributed by atoms with Crippen LogP contribution in [-0.4, -0.2) is 70.5 Å². The van der Waals surface area contributed by atoms with Gasteiger partial charge in [0.05, 0.1) is 11.1 Å². The van der Waals surface area contributed by atoms with Crippen LogP contribution in [0.5, 0.6) is 0 Å². The first kappa shape index (κ1) is 22.0. The molecule has 0 bridgehead atoms. The van der Waals surface area contributed by atoms with Crippen LogP contribution in [0.15, 0.2) is 24.3 Å². The highest BCUT2D eigenvalue weighted by Crippen LogP contribution is 2.29. The number of fused-ring (bicyclic) bond motifs is 1. The summed E-state index contributed by atoms with van der Waals surface area (Å²) < 4.78 is 0. The summed E-state index contributed by atoms with van der Waals surface area (Å²) in [4.78, 5) is 56.5. The molecule has 0 spiro atoms. The lowest BCUT2D eigenvalue weighted by Gasteiger charge is -2.38. The van der Waals surface area contributed by atoms with Crippen LogP contribution >= 0.6 is 0 Å². The summed E-state index contributed by atoms with van der Waals surface area (Å²) in [6.45, 7) is 9.93. The second-order valence-corrected chi connectivity index (χ2v) is 8.32. The van der Waals surface area contributed by atoms with Gasteiger partial charge in [-0.05, 0) is 44.7 Å². The first-order chi connectivity index (χ1) is 14.3. The number of hydrogen-bond acceptors (Lipinski definition) is 4. The number of imide groups is 1. The number of benzene rings is 1. The predicted molar refractivity (Wildman–Crippen MR) is 113 cm³/mol. The normalized spacial score (nSPS) is 18.0. The zero-order valence-electron chi connectivity index (χ0n) is 18.3. The molecule has 4 amide bonds. The molecule has 1 aromatic rings. The Balaban J connectivity index is 1.73. The summed E-state index contributed by atoms with van der Waals surface area (Å²) >= 11 is 0. The van der Waals surface area contributed by atoms with Crippen LogP contribution in [0.2, 0.25) is 0 Å². The van der Waals surface area contributed by atoms with Crippen molar-refractivity contribution in [1.82, 2.24) is 14.7 Å². The van der Waals surface area contributed by atoms with Gasteiger partial charge < -0.3 is 9.80 Å². The second kappa shape index (κ2) is 8.98. The average molecular weight is 414 g/mol. The Bertz CT molecular complexity index is 804. The number of piperidine rings is 1. The zero-order chi connectivity index (χ0) is 22.0. The SMILES string of the molecule is CCN(CC)C(=O)C1CCN(C(=O)C(C(C)C)N2C(=O)c3ccccc3C2=O)CC1. The molecule has 7 nitrogen and oxygen atoms in total. The molecule has 0 aromatic heterocycles. The van der Waals surface area contributed by atoms with Crippen molar-refractivity contribution in [3.8, 4) is 0 Å². The highest BCUT2D eigenvalue weighted by Gasteiger charge is 2.45. The van der Waals surface area contributed by atoms with E-state index in [-0.39, 0.29) is 23.7 Å². The lowest BCUT2D eigenvalue weighted by molar-refractivity contribution is -0.143. The molecule has 0 N–H and O–H groups in total. The van der Waals surface area contributed by atoms with E-state index in [2.05, 4.69) is 0 Å². The third-order valence-corrected chi connectivity index (χ3v) is 6.22. The van der Waals surface area contributed by atoms with E-state index in [9.17, 15) is 19.2 Å². The van der Waals surface area contributed by atoms with Gasteiger partial charge in [0.1, 0.15) is 6.04 Å². The number of rotatable bonds is 6. The first-order valence-corrected chi connectivity index (χ1v) is 10.9. The van der Waals surface area contributed by atoms with Crippen molar-refractivity contribution in [2.75, 3.05) is 26.2 Å². The third-order valence-electron chi connectivity index (χ3n) is 6.22. The number of nitrogens with zero attached hydrogens (tertiary/aromatic N) is 3. The van der Waals surface area contributed by atoms with Crippen LogP contribution in [-0.2, 0) is 9.59 Å². The highest BCUT2D eigenvalue weighted by molar-refractivity contribution is 6.22. The van der Waals surface area contributed by atoms with Gasteiger partial charge in [-0.2, -0.15) is 0 Å². The summed E-state index contributed by atoms with van der Waals surface area (Å²) in [5.41, 5.74) is 0.703. The monoisotopic (exact) mass is 413 g/mol. The molecule has 0 saturated carbocycles. The Labute approximate surface area is 178 Å². The molecule has 1 atom stereocenters. The van der Waals surface area contributed by atoms with E-state index in [4.69, 9.17) is 0 Å². The van der Waals surface area contributed by atoms with E-state index in [1.165, 1.54) is 0 Å². The fourth-order valence-corrected chi connectivity index (χ4v) is 4.48. The second-order valence-electron chi connectivity index (χ2n) is 8.32. The Morgan fingerprint density at radius 3 is 1.93 bits per heavy atom. The third kappa shape index (κ3) is 3.85. The minimum atomic E-state index is -0.840. The van der Waals surface area contributed by atoms with Gasteiger partial charge >= 0.3 is 0 Å². The lowest BCUT2D eigenvalue weighted by atomic mass is 9.93. The van der Waals surface area contributed by atoms with E-state index in [1.54, 1.807) is 29.2 Å². The van der Waals surface area contributed by atoms with Crippen LogP contribution < -0.4 is 0 Å². The Morgan fingerprint density at radius 2 is 1.50 bits per heavy atom. The lowest BCUT2D eigenvalue weighted by Crippen LogP contribution is -2.55. The largest absolute Gasteiger partial charge is 0.343 e. The molecule has 3 rings (SSSR count). The van der Waals surface area contributed by atoms with Gasteiger partial charge in [0.15, 0.2) is 0 Å². The summed E-state index contributed by atoms with van der Waals surface area (Å²) in [6.07, 6.45) is 1.21. The van der Waals surface area contributed by atoms with Gasteiger partial charge in [-0.1, -0.05) is 26.0 Å². The number of carbonyl (C=O) groups excluding carboxylic acids is 4. The van der Waals surface area contributed by atoms with Gasteiger partial charge in [-0.15, -0.1) is 0 Å². The smallest absolute Gasteiger partial charge is 0.262 e. The average Bonchev–Trinajstić information content (AvgIpc) is 3.00. The van der Waals surface area contributed by atoms with Crippen molar-refractivity contribution in [3.63, 3.8) is 0 Å². The first-order valence-electron chi connectivity index (χ1n) is 10.9. The molecule has 30 heavy (non-hydrogen) atoms. The van der Waals surface area contributed by atoms with E-state index in [1.807, 2.05) is 32.6 Å². The van der Waals surface area contributed by atoms with Crippen LogP contribution in [0, 0.1) is 11.8 Å². The topological polar surface area (TPSA) is 78.0 Å². The Morgan fingerprint density at radius 1 is 1.00 bits per heavy atom. The Kier molecular flexibility index (Phi) is 6.58. The van der Waals surface area contributed by atoms with Crippen LogP contribution in [0.4, 0.5) is 0 Å². The maximum Gasteiger partial charge on any atom is 0.262 e. The van der Waals surface area contributed by atoms with Crippen molar-refractivity contribution in [2.24, 2.45) is 11.8 Å². The molecular formula is C23H31N3O4. The Hall–Kier alpha value is -2.70. The van der Waals surface area contributed by atoms with Gasteiger partial charge in [-0.3, -0.25) is 24.1 Å². The summed E-state index contributed by atoms with van der Waals surface area (Å²) in [7, 11) is 0. The summed E-state index contributed by atoms with van der Waals surface area (Å²) in [5, 5.41) is 0. The predicted octanol–water partition coefficient (Wildman–Crippen LogP) is 2.41. The molecule has 1 aromatic carbocycles. The van der Waals surface area contributed by atoms with E-state index in [0.717, 1.165) is 4.90 Å². The molecule has 7 heteroatoms. The number of hydrogen-bond donors (Lipinski definition) is 0. The van der Waals surface area contributed by atoms with Crippen LogP contribution in [0.25, 0.3) is 0 Å². The van der Waals surface area contributed by atoms with Crippen molar-refractivity contribution >= 4 is 23.6 Å². The maximum atomic E-state index is 13.4. The molecule has 1 unspecified atom stereocenters. The molecule has 2 aliphatic rings. The van der Waals surface area contributed by atoms with E-state index < -0.39 is 17.9 Å². The summed E-state index contributed by atoms with van der Waals surface area (Å²) in [6, 6.07) is 5.85. The zero-order valence-corrected chi connectivity index (χ0v) is 18.3. The molecule has 162 valence electrons. The minimum Gasteiger partial charge on any atom is -0.343 e. The molecule has 0 radical (unpaired) electrons. The molecule has 0 aliphatic carbocycles. The minimum absolute atomic E-state index is 0.0780. The van der Waals surface area contributed by atoms with Gasteiger partial charge in [0, 0.05) is 32.1 Å². The van der Waals surface area contributed by atoms with Crippen molar-refractivity contribution in [1.29, 1.82) is 0 Å². The van der Waals surface area contributed by atoms with Crippen molar-refractivity contribution < 1.29 is 19.2 Å². The van der Waals surface area contributed by atoms with Crippen LogP contribution in [0.3, 0.4) is 0 Å².